The molecule has 0 saturated carbocycles. The summed E-state index contributed by atoms with van der Waals surface area (Å²) in [4.78, 5) is 30.1. The lowest BCUT2D eigenvalue weighted by molar-refractivity contribution is 0.0615. The van der Waals surface area contributed by atoms with Gasteiger partial charge in [-0.3, -0.25) is 9.59 Å². The Balaban J connectivity index is 1.32. The van der Waals surface area contributed by atoms with Crippen LogP contribution in [0.1, 0.15) is 33.1 Å². The van der Waals surface area contributed by atoms with Gasteiger partial charge in [0.05, 0.1) is 6.04 Å². The summed E-state index contributed by atoms with van der Waals surface area (Å²) in [6, 6.07) is 13.3. The molecule has 2 aromatic heterocycles. The van der Waals surface area contributed by atoms with Crippen molar-refractivity contribution >= 4 is 23.3 Å². The third-order valence-electron chi connectivity index (χ3n) is 5.50. The van der Waals surface area contributed by atoms with Crippen molar-refractivity contribution in [2.45, 2.75) is 24.9 Å². The molecule has 2 saturated heterocycles. The number of hydrogen-bond acceptors (Lipinski definition) is 6. The van der Waals surface area contributed by atoms with Gasteiger partial charge in [-0.25, -0.2) is 4.37 Å². The van der Waals surface area contributed by atoms with Crippen LogP contribution in [0.2, 0.25) is 0 Å². The van der Waals surface area contributed by atoms with Crippen molar-refractivity contribution in [1.29, 1.82) is 0 Å². The summed E-state index contributed by atoms with van der Waals surface area (Å²) < 4.78 is 9.37. The van der Waals surface area contributed by atoms with E-state index in [0.29, 0.717) is 23.7 Å². The van der Waals surface area contributed by atoms with Gasteiger partial charge in [-0.15, -0.1) is 0 Å². The zero-order valence-electron chi connectivity index (χ0n) is 15.0. The van der Waals surface area contributed by atoms with Gasteiger partial charge in [-0.05, 0) is 30.4 Å². The Labute approximate surface area is 165 Å². The first-order valence-corrected chi connectivity index (χ1v) is 10.0. The van der Waals surface area contributed by atoms with Crippen LogP contribution in [0.25, 0.3) is 11.3 Å². The van der Waals surface area contributed by atoms with Gasteiger partial charge in [0.15, 0.2) is 0 Å². The lowest BCUT2D eigenvalue weighted by Gasteiger charge is -2.31. The maximum absolute atomic E-state index is 13.0. The minimum absolute atomic E-state index is 0.00777. The number of fused-ring (bicyclic) bond motifs is 2. The number of carbonyl (C=O) groups is 2. The molecule has 8 heteroatoms. The van der Waals surface area contributed by atoms with Gasteiger partial charge in [0.1, 0.15) is 10.6 Å². The van der Waals surface area contributed by atoms with E-state index >= 15 is 0 Å². The molecule has 2 aliphatic rings. The number of nitrogens with zero attached hydrogens (tertiary/aromatic N) is 4. The third-order valence-corrected chi connectivity index (χ3v) is 6.23. The summed E-state index contributed by atoms with van der Waals surface area (Å²) in [6.07, 6.45) is 3.21. The molecular formula is C20H18N4O3S. The maximum atomic E-state index is 13.0. The van der Waals surface area contributed by atoms with Gasteiger partial charge < -0.3 is 14.3 Å². The molecule has 28 heavy (non-hydrogen) atoms. The number of carbonyl (C=O) groups excluding carboxylic acids is 2. The lowest BCUT2D eigenvalue weighted by atomic mass is 10.0. The zero-order chi connectivity index (χ0) is 19.1. The molecule has 2 bridgehead atoms. The van der Waals surface area contributed by atoms with Crippen LogP contribution in [-0.4, -0.2) is 56.3 Å². The molecular weight excluding hydrogens is 376 g/mol. The summed E-state index contributed by atoms with van der Waals surface area (Å²) in [5.41, 5.74) is 1.55. The first-order chi connectivity index (χ1) is 13.7. The first-order valence-electron chi connectivity index (χ1n) is 9.25. The molecule has 2 aliphatic heterocycles. The van der Waals surface area contributed by atoms with E-state index in [2.05, 4.69) is 9.53 Å². The number of piperidine rings is 1. The van der Waals surface area contributed by atoms with Crippen molar-refractivity contribution in [2.24, 2.45) is 0 Å². The van der Waals surface area contributed by atoms with Gasteiger partial charge in [0.25, 0.3) is 11.8 Å². The summed E-state index contributed by atoms with van der Waals surface area (Å²) in [5.74, 6) is 0.0880. The number of amides is 2. The summed E-state index contributed by atoms with van der Waals surface area (Å²) >= 11 is 1.21. The fraction of sp³-hybridized carbons (Fsp3) is 0.300. The van der Waals surface area contributed by atoms with E-state index in [1.165, 1.54) is 11.5 Å². The second-order valence-electron chi connectivity index (χ2n) is 7.11. The highest BCUT2D eigenvalue weighted by molar-refractivity contribution is 7.08. The summed E-state index contributed by atoms with van der Waals surface area (Å²) in [5, 5.41) is 4.05. The number of hydrogen-bond donors (Lipinski definition) is 0. The van der Waals surface area contributed by atoms with Crippen molar-refractivity contribution in [2.75, 3.05) is 13.1 Å². The highest BCUT2D eigenvalue weighted by atomic mass is 32.1. The van der Waals surface area contributed by atoms with Gasteiger partial charge >= 0.3 is 0 Å². The fourth-order valence-electron chi connectivity index (χ4n) is 4.11. The van der Waals surface area contributed by atoms with E-state index in [1.54, 1.807) is 18.3 Å². The molecule has 2 atom stereocenters. The van der Waals surface area contributed by atoms with E-state index < -0.39 is 0 Å². The maximum Gasteiger partial charge on any atom is 0.292 e. The molecule has 4 heterocycles. The molecule has 5 rings (SSSR count). The van der Waals surface area contributed by atoms with Crippen molar-refractivity contribution in [3.05, 3.63) is 59.3 Å². The minimum atomic E-state index is -0.162. The van der Waals surface area contributed by atoms with Gasteiger partial charge in [0, 0.05) is 37.0 Å². The van der Waals surface area contributed by atoms with Crippen LogP contribution in [-0.2, 0) is 0 Å². The van der Waals surface area contributed by atoms with Crippen LogP contribution in [0.3, 0.4) is 0 Å². The zero-order valence-corrected chi connectivity index (χ0v) is 15.8. The Hall–Kier alpha value is -3.00. The standard InChI is InChI=1S/C20H18N4O3S/c25-19(17-11-16(22-27-17)13-4-2-1-3-5-13)23-9-7-14-10-15(23)12-24(14)20(26)18-6-8-21-28-18/h1-6,8,11,14-15H,7,9-10,12H2. The van der Waals surface area contributed by atoms with Crippen LogP contribution in [0.4, 0.5) is 0 Å². The normalized spacial score (nSPS) is 21.1. The number of aromatic nitrogens is 2. The Bertz CT molecular complexity index is 1000. The van der Waals surface area contributed by atoms with Crippen LogP contribution >= 0.6 is 11.5 Å². The molecule has 2 amide bonds. The quantitative estimate of drug-likeness (QED) is 0.682. The Morgan fingerprint density at radius 3 is 2.71 bits per heavy atom. The highest BCUT2D eigenvalue weighted by Gasteiger charge is 2.44. The van der Waals surface area contributed by atoms with E-state index in [-0.39, 0.29) is 29.7 Å². The third kappa shape index (κ3) is 2.90. The number of rotatable bonds is 3. The van der Waals surface area contributed by atoms with Crippen molar-refractivity contribution in [3.8, 4) is 11.3 Å². The molecule has 2 unspecified atom stereocenters. The molecule has 142 valence electrons. The first kappa shape index (κ1) is 17.1. The predicted octanol–water partition coefficient (Wildman–Crippen LogP) is 2.93. The monoisotopic (exact) mass is 394 g/mol. The van der Waals surface area contributed by atoms with Crippen LogP contribution in [0.5, 0.6) is 0 Å². The smallest absolute Gasteiger partial charge is 0.292 e. The fourth-order valence-corrected chi connectivity index (χ4v) is 4.66. The topological polar surface area (TPSA) is 79.5 Å². The van der Waals surface area contributed by atoms with Crippen LogP contribution in [0, 0.1) is 0 Å². The van der Waals surface area contributed by atoms with E-state index in [1.807, 2.05) is 40.1 Å². The highest BCUT2D eigenvalue weighted by Crippen LogP contribution is 2.33. The Morgan fingerprint density at radius 2 is 1.93 bits per heavy atom. The summed E-state index contributed by atoms with van der Waals surface area (Å²) in [7, 11) is 0. The Morgan fingerprint density at radius 1 is 1.07 bits per heavy atom. The van der Waals surface area contributed by atoms with Crippen LogP contribution < -0.4 is 0 Å². The molecule has 7 nitrogen and oxygen atoms in total. The van der Waals surface area contributed by atoms with Gasteiger partial charge in [-0.1, -0.05) is 35.5 Å². The van der Waals surface area contributed by atoms with Crippen LogP contribution in [0.15, 0.2) is 53.2 Å². The second kappa shape index (κ2) is 6.87. The predicted molar refractivity (Wildman–Crippen MR) is 103 cm³/mol. The van der Waals surface area contributed by atoms with E-state index in [4.69, 9.17) is 4.52 Å². The van der Waals surface area contributed by atoms with Gasteiger partial charge in [-0.2, -0.15) is 0 Å². The molecule has 0 aliphatic carbocycles. The molecule has 3 aromatic rings. The SMILES string of the molecule is O=C(c1cc(-c2ccccc2)no1)N1CCC2CC1CN2C(=O)c1ccns1. The van der Waals surface area contributed by atoms with Gasteiger partial charge in [0.2, 0.25) is 5.76 Å². The molecule has 1 aromatic carbocycles. The summed E-state index contributed by atoms with van der Waals surface area (Å²) in [6.45, 7) is 1.16. The van der Waals surface area contributed by atoms with Crippen molar-refractivity contribution < 1.29 is 14.1 Å². The molecule has 2 fully saturated rings. The molecule has 0 spiro atoms. The average Bonchev–Trinajstić information content (AvgIpc) is 3.48. The van der Waals surface area contributed by atoms with Crippen molar-refractivity contribution in [3.63, 3.8) is 0 Å². The van der Waals surface area contributed by atoms with Crippen molar-refractivity contribution in [1.82, 2.24) is 19.3 Å². The number of benzene rings is 1. The average molecular weight is 394 g/mol. The molecule has 0 N–H and O–H groups in total. The lowest BCUT2D eigenvalue weighted by Crippen LogP contribution is -2.44. The Kier molecular flexibility index (Phi) is 4.20. The van der Waals surface area contributed by atoms with E-state index in [0.717, 1.165) is 18.4 Å². The minimum Gasteiger partial charge on any atom is -0.350 e. The molecule has 0 radical (unpaired) electrons. The van der Waals surface area contributed by atoms with E-state index in [9.17, 15) is 9.59 Å². The second-order valence-corrected chi connectivity index (χ2v) is 7.94. The number of likely N-dealkylation sites (tertiary alicyclic amines) is 2. The largest absolute Gasteiger partial charge is 0.350 e.